The summed E-state index contributed by atoms with van der Waals surface area (Å²) >= 11 is 0. The highest BCUT2D eigenvalue weighted by molar-refractivity contribution is 5.96. The number of hydrogen-bond acceptors (Lipinski definition) is 8. The van der Waals surface area contributed by atoms with Crippen LogP contribution in [-0.4, -0.2) is 65.5 Å². The first-order chi connectivity index (χ1) is 24.7. The predicted molar refractivity (Wildman–Crippen MR) is 194 cm³/mol. The maximum absolute atomic E-state index is 16.2. The van der Waals surface area contributed by atoms with Crippen LogP contribution in [0.3, 0.4) is 0 Å². The van der Waals surface area contributed by atoms with Crippen molar-refractivity contribution in [3.63, 3.8) is 0 Å². The van der Waals surface area contributed by atoms with E-state index in [-0.39, 0.29) is 43.9 Å². The molecule has 0 saturated carbocycles. The number of carbonyl (C=O) groups is 1. The molecule has 2 fully saturated rings. The number of halogens is 3. The number of piperidine rings is 1. The van der Waals surface area contributed by atoms with Gasteiger partial charge in [0.15, 0.2) is 0 Å². The molecule has 0 aliphatic carbocycles. The Labute approximate surface area is 301 Å². The number of benzene rings is 3. The molecule has 2 saturated heterocycles. The van der Waals surface area contributed by atoms with Crippen molar-refractivity contribution in [3.8, 4) is 5.75 Å². The van der Waals surface area contributed by atoms with Crippen LogP contribution in [0.4, 0.5) is 29.5 Å². The van der Waals surface area contributed by atoms with E-state index >= 15 is 13.2 Å². The number of nitrogens with zero attached hydrogens (tertiary/aromatic N) is 4. The molecular weight excluding hydrogens is 675 g/mol. The number of rotatable bonds is 9. The van der Waals surface area contributed by atoms with Crippen LogP contribution in [0.25, 0.3) is 10.9 Å². The summed E-state index contributed by atoms with van der Waals surface area (Å²) in [7, 11) is 1.61. The number of morpholine rings is 1. The number of likely N-dealkylation sites (tertiary alicyclic amines) is 1. The fraction of sp³-hybridized carbons (Fsp3) is 0.462. The molecular formula is C39H46F3N5O5. The Hall–Kier alpha value is -4.78. The Bertz CT molecular complexity index is 1950. The maximum Gasteiger partial charge on any atom is 0.410 e. The number of fused-ring (bicyclic) bond motifs is 1. The third kappa shape index (κ3) is 7.99. The molecule has 10 nitrogen and oxygen atoms in total. The molecule has 3 heterocycles. The van der Waals surface area contributed by atoms with Crippen molar-refractivity contribution in [3.05, 3.63) is 93.7 Å². The minimum Gasteiger partial charge on any atom is -0.487 e. The Morgan fingerprint density at radius 1 is 1.02 bits per heavy atom. The highest BCUT2D eigenvalue weighted by atomic mass is 19.3. The molecule has 1 amide bonds. The molecule has 278 valence electrons. The third-order valence-corrected chi connectivity index (χ3v) is 9.62. The molecule has 0 spiro atoms. The summed E-state index contributed by atoms with van der Waals surface area (Å²) in [5, 5.41) is 3.73. The van der Waals surface area contributed by atoms with Gasteiger partial charge in [-0.2, -0.15) is 4.98 Å². The predicted octanol–water partition coefficient (Wildman–Crippen LogP) is 7.40. The van der Waals surface area contributed by atoms with Crippen molar-refractivity contribution in [1.82, 2.24) is 14.5 Å². The number of ether oxygens (including phenoxy) is 3. The minimum atomic E-state index is -3.49. The first-order valence-electron chi connectivity index (χ1n) is 17.7. The average molecular weight is 722 g/mol. The van der Waals surface area contributed by atoms with Gasteiger partial charge >= 0.3 is 11.8 Å². The summed E-state index contributed by atoms with van der Waals surface area (Å²) in [5.41, 5.74) is 0.292. The lowest BCUT2D eigenvalue weighted by atomic mass is 9.85. The molecule has 1 atom stereocenters. The molecule has 52 heavy (non-hydrogen) atoms. The van der Waals surface area contributed by atoms with E-state index in [1.165, 1.54) is 21.6 Å². The van der Waals surface area contributed by atoms with Gasteiger partial charge in [-0.15, -0.1) is 0 Å². The highest BCUT2D eigenvalue weighted by Gasteiger charge is 2.46. The van der Waals surface area contributed by atoms with Gasteiger partial charge in [0.25, 0.3) is 5.92 Å². The van der Waals surface area contributed by atoms with Crippen LogP contribution in [0.15, 0.2) is 65.5 Å². The third-order valence-electron chi connectivity index (χ3n) is 9.62. The lowest BCUT2D eigenvalue weighted by molar-refractivity contribution is -0.0885. The fourth-order valence-electron chi connectivity index (χ4n) is 6.80. The van der Waals surface area contributed by atoms with Crippen molar-refractivity contribution >= 4 is 28.5 Å². The number of hydrogen-bond donors (Lipinski definition) is 1. The van der Waals surface area contributed by atoms with Crippen molar-refractivity contribution in [2.24, 2.45) is 13.0 Å². The molecule has 1 N–H and O–H groups in total. The van der Waals surface area contributed by atoms with Gasteiger partial charge in [0.1, 0.15) is 29.6 Å². The van der Waals surface area contributed by atoms with Gasteiger partial charge in [0.05, 0.1) is 30.3 Å². The Morgan fingerprint density at radius 3 is 2.38 bits per heavy atom. The van der Waals surface area contributed by atoms with Crippen molar-refractivity contribution < 1.29 is 32.2 Å². The Morgan fingerprint density at radius 2 is 1.71 bits per heavy atom. The van der Waals surface area contributed by atoms with E-state index in [4.69, 9.17) is 14.2 Å². The smallest absolute Gasteiger partial charge is 0.410 e. The molecule has 4 aromatic rings. The van der Waals surface area contributed by atoms with Crippen LogP contribution >= 0.6 is 0 Å². The Kier molecular flexibility index (Phi) is 10.7. The van der Waals surface area contributed by atoms with Crippen molar-refractivity contribution in [2.45, 2.75) is 64.7 Å². The fourth-order valence-corrected chi connectivity index (χ4v) is 6.80. The second-order valence-electron chi connectivity index (χ2n) is 14.5. The summed E-state index contributed by atoms with van der Waals surface area (Å²) < 4.78 is 67.1. The van der Waals surface area contributed by atoms with Gasteiger partial charge in [-0.1, -0.05) is 48.5 Å². The molecule has 0 radical (unpaired) electrons. The van der Waals surface area contributed by atoms with E-state index in [1.54, 1.807) is 34.7 Å². The zero-order chi connectivity index (χ0) is 37.2. The van der Waals surface area contributed by atoms with Crippen LogP contribution in [0.2, 0.25) is 0 Å². The highest BCUT2D eigenvalue weighted by Crippen LogP contribution is 2.44. The second-order valence-corrected chi connectivity index (χ2v) is 14.5. The van der Waals surface area contributed by atoms with Crippen LogP contribution in [0.1, 0.15) is 63.3 Å². The summed E-state index contributed by atoms with van der Waals surface area (Å²) in [5.74, 6) is -5.06. The van der Waals surface area contributed by atoms with Gasteiger partial charge in [0.2, 0.25) is 0 Å². The van der Waals surface area contributed by atoms with Crippen LogP contribution < -0.4 is 20.6 Å². The number of nitrogens with one attached hydrogen (secondary N) is 1. The van der Waals surface area contributed by atoms with Crippen LogP contribution in [-0.2, 0) is 29.1 Å². The van der Waals surface area contributed by atoms with Gasteiger partial charge in [-0.25, -0.2) is 22.8 Å². The molecule has 0 bridgehead atoms. The normalized spacial score (nSPS) is 16.5. The SMILES string of the molecule is C[C@@H](Nc1nc(=O)n(C)c2c(OCc3ccccc3)cc(N3CCOCC3)cc12)c1cccc(C(F)(F)C2CCN(C(=O)OC(C)(C)C)CC2)c1F. The monoisotopic (exact) mass is 721 g/mol. The number of alkyl halides is 2. The molecule has 13 heteroatoms. The summed E-state index contributed by atoms with van der Waals surface area (Å²) in [6.45, 7) is 9.69. The minimum absolute atomic E-state index is 0.00359. The van der Waals surface area contributed by atoms with E-state index in [0.717, 1.165) is 17.3 Å². The molecule has 0 unspecified atom stereocenters. The average Bonchev–Trinajstić information content (AvgIpc) is 3.12. The number of carbonyl (C=O) groups excluding carboxylic acids is 1. The lowest BCUT2D eigenvalue weighted by Crippen LogP contribution is -2.44. The van der Waals surface area contributed by atoms with Crippen LogP contribution in [0, 0.1) is 11.7 Å². The lowest BCUT2D eigenvalue weighted by Gasteiger charge is -2.37. The number of aromatic nitrogens is 2. The molecule has 2 aliphatic heterocycles. The largest absolute Gasteiger partial charge is 0.487 e. The molecule has 3 aromatic carbocycles. The van der Waals surface area contributed by atoms with Gasteiger partial charge in [0, 0.05) is 61.8 Å². The first-order valence-corrected chi connectivity index (χ1v) is 17.7. The van der Waals surface area contributed by atoms with Crippen LogP contribution in [0.5, 0.6) is 5.75 Å². The van der Waals surface area contributed by atoms with Gasteiger partial charge < -0.3 is 29.3 Å². The summed E-state index contributed by atoms with van der Waals surface area (Å²) in [6, 6.07) is 16.6. The number of anilines is 2. The standard InChI is InChI=1S/C39H46F3N5O5/c1-25(29-12-9-13-31(33(29)40)39(41,42)27-14-16-47(17-15-27)37(49)52-38(2,3)4)43-35-30-22-28(46-18-20-50-21-19-46)23-32(34(30)45(5)36(48)44-35)51-24-26-10-7-6-8-11-26/h6-13,22-23,25,27H,14-21,24H2,1-5H3,(H,43,44,48)/t25-/m1/s1. The zero-order valence-electron chi connectivity index (χ0n) is 30.3. The van der Waals surface area contributed by atoms with E-state index in [2.05, 4.69) is 15.2 Å². The topological polar surface area (TPSA) is 98.2 Å². The summed E-state index contributed by atoms with van der Waals surface area (Å²) in [4.78, 5) is 33.7. The van der Waals surface area contributed by atoms with E-state index < -0.39 is 46.6 Å². The number of amides is 1. The molecule has 2 aliphatic rings. The Balaban J connectivity index is 1.29. The van der Waals surface area contributed by atoms with E-state index in [0.29, 0.717) is 43.0 Å². The number of aryl methyl sites for hydroxylation is 1. The summed E-state index contributed by atoms with van der Waals surface area (Å²) in [6.07, 6.45) is -0.564. The van der Waals surface area contributed by atoms with Crippen molar-refractivity contribution in [2.75, 3.05) is 49.6 Å². The maximum atomic E-state index is 16.2. The molecule has 1 aromatic heterocycles. The van der Waals surface area contributed by atoms with E-state index in [1.807, 2.05) is 42.5 Å². The second kappa shape index (κ2) is 15.1. The van der Waals surface area contributed by atoms with Crippen molar-refractivity contribution in [1.29, 1.82) is 0 Å². The van der Waals surface area contributed by atoms with E-state index in [9.17, 15) is 9.59 Å². The van der Waals surface area contributed by atoms with Gasteiger partial charge in [-0.3, -0.25) is 4.57 Å². The zero-order valence-corrected chi connectivity index (χ0v) is 30.3. The van der Waals surface area contributed by atoms with Gasteiger partial charge in [-0.05, 0) is 52.2 Å². The quantitative estimate of drug-likeness (QED) is 0.191. The first kappa shape index (κ1) is 37.0. The molecule has 6 rings (SSSR count).